The first-order valence-corrected chi connectivity index (χ1v) is 9.37. The average molecular weight is 436 g/mol. The van der Waals surface area contributed by atoms with Crippen molar-refractivity contribution in [1.82, 2.24) is 15.4 Å². The molecule has 2 N–H and O–H groups in total. The van der Waals surface area contributed by atoms with Crippen LogP contribution in [0.1, 0.15) is 10.4 Å². The molecule has 31 heavy (non-hydrogen) atoms. The summed E-state index contributed by atoms with van der Waals surface area (Å²) in [5, 5.41) is 14.0. The second-order valence-corrected chi connectivity index (χ2v) is 6.77. The largest absolute Gasteiger partial charge is 0.434 e. The zero-order valence-corrected chi connectivity index (χ0v) is 16.5. The average Bonchev–Trinajstić information content (AvgIpc) is 2.77. The van der Waals surface area contributed by atoms with Crippen LogP contribution in [0.15, 0.2) is 73.1 Å². The number of rotatable bonds is 6. The summed E-state index contributed by atoms with van der Waals surface area (Å²) in [6.07, 6.45) is 1.09. The van der Waals surface area contributed by atoms with Crippen molar-refractivity contribution in [3.63, 3.8) is 0 Å². The third-order valence-electron chi connectivity index (χ3n) is 4.29. The van der Waals surface area contributed by atoms with Gasteiger partial charge in [0.2, 0.25) is 5.82 Å². The van der Waals surface area contributed by atoms with E-state index in [2.05, 4.69) is 20.8 Å². The Labute approximate surface area is 180 Å². The fourth-order valence-corrected chi connectivity index (χ4v) is 3.04. The number of anilines is 1. The van der Waals surface area contributed by atoms with Crippen molar-refractivity contribution in [3.05, 3.63) is 93.8 Å². The number of benzene rings is 3. The van der Waals surface area contributed by atoms with Gasteiger partial charge >= 0.3 is 11.6 Å². The van der Waals surface area contributed by atoms with Gasteiger partial charge in [0.1, 0.15) is 12.1 Å². The summed E-state index contributed by atoms with van der Waals surface area (Å²) >= 11 is 5.88. The van der Waals surface area contributed by atoms with Crippen LogP contribution in [-0.4, -0.2) is 20.8 Å². The van der Waals surface area contributed by atoms with Crippen molar-refractivity contribution < 1.29 is 14.5 Å². The molecule has 1 aromatic heterocycles. The van der Waals surface area contributed by atoms with Crippen LogP contribution in [0.25, 0.3) is 10.8 Å². The Morgan fingerprint density at radius 1 is 1.00 bits per heavy atom. The number of fused-ring (bicyclic) bond motifs is 1. The van der Waals surface area contributed by atoms with Gasteiger partial charge < -0.3 is 4.74 Å². The highest BCUT2D eigenvalue weighted by molar-refractivity contribution is 6.30. The Kier molecular flexibility index (Phi) is 5.59. The van der Waals surface area contributed by atoms with Gasteiger partial charge in [0.05, 0.1) is 4.92 Å². The second kappa shape index (κ2) is 8.64. The molecular weight excluding hydrogens is 422 g/mol. The molecule has 3 aromatic carbocycles. The third kappa shape index (κ3) is 4.51. The van der Waals surface area contributed by atoms with E-state index in [9.17, 15) is 14.9 Å². The Bertz CT molecular complexity index is 1300. The van der Waals surface area contributed by atoms with E-state index in [0.29, 0.717) is 10.8 Å². The van der Waals surface area contributed by atoms with E-state index in [4.69, 9.17) is 16.3 Å². The molecule has 0 aliphatic rings. The minimum absolute atomic E-state index is 0.230. The third-order valence-corrected chi connectivity index (χ3v) is 4.52. The number of carbonyl (C=O) groups is 1. The SMILES string of the molecule is O=C(NNc1ncnc(Oc2ccc3ccccc3c2)c1[N+](=O)[O-])c1cccc(Cl)c1. The van der Waals surface area contributed by atoms with Crippen molar-refractivity contribution in [2.24, 2.45) is 0 Å². The van der Waals surface area contributed by atoms with Gasteiger partial charge in [-0.2, -0.15) is 4.98 Å². The lowest BCUT2D eigenvalue weighted by atomic mass is 10.1. The molecule has 4 rings (SSSR count). The van der Waals surface area contributed by atoms with Gasteiger partial charge in [0, 0.05) is 10.6 Å². The maximum atomic E-state index is 12.3. The fraction of sp³-hybridized carbons (Fsp3) is 0. The standard InChI is InChI=1S/C21H14ClN5O4/c22-16-7-3-6-15(10-16)20(28)26-25-19-18(27(29)30)21(24-12-23-19)31-17-9-8-13-4-1-2-5-14(13)11-17/h1-12H,(H,26,28)(H,23,24,25). The van der Waals surface area contributed by atoms with E-state index >= 15 is 0 Å². The molecule has 9 nitrogen and oxygen atoms in total. The molecule has 0 saturated heterocycles. The molecule has 1 amide bonds. The van der Waals surface area contributed by atoms with Crippen molar-refractivity contribution in [2.45, 2.75) is 0 Å². The molecule has 0 aliphatic carbocycles. The highest BCUT2D eigenvalue weighted by Gasteiger charge is 2.25. The number of nitro groups is 1. The summed E-state index contributed by atoms with van der Waals surface area (Å²) in [6.45, 7) is 0. The Morgan fingerprint density at radius 2 is 1.81 bits per heavy atom. The van der Waals surface area contributed by atoms with E-state index in [-0.39, 0.29) is 17.3 Å². The molecule has 10 heteroatoms. The zero-order chi connectivity index (χ0) is 21.8. The van der Waals surface area contributed by atoms with Gasteiger partial charge in [-0.25, -0.2) is 4.98 Å². The van der Waals surface area contributed by atoms with E-state index < -0.39 is 16.5 Å². The van der Waals surface area contributed by atoms with Gasteiger partial charge in [-0.3, -0.25) is 25.8 Å². The number of carbonyl (C=O) groups excluding carboxylic acids is 1. The number of hydrogen-bond donors (Lipinski definition) is 2. The molecule has 0 atom stereocenters. The molecule has 0 spiro atoms. The smallest absolute Gasteiger partial charge is 0.374 e. The number of aromatic nitrogens is 2. The van der Waals surface area contributed by atoms with Gasteiger partial charge in [0.15, 0.2) is 0 Å². The summed E-state index contributed by atoms with van der Waals surface area (Å²) in [4.78, 5) is 31.0. The zero-order valence-electron chi connectivity index (χ0n) is 15.8. The molecule has 0 saturated carbocycles. The monoisotopic (exact) mass is 435 g/mol. The van der Waals surface area contributed by atoms with E-state index in [1.54, 1.807) is 30.3 Å². The molecular formula is C21H14ClN5O4. The predicted octanol–water partition coefficient (Wildman–Crippen LogP) is 4.74. The second-order valence-electron chi connectivity index (χ2n) is 6.33. The van der Waals surface area contributed by atoms with Crippen LogP contribution in [0.5, 0.6) is 11.6 Å². The first-order chi connectivity index (χ1) is 15.0. The molecule has 0 bridgehead atoms. The van der Waals surface area contributed by atoms with Gasteiger partial charge in [-0.15, -0.1) is 0 Å². The number of nitrogens with zero attached hydrogens (tertiary/aromatic N) is 3. The minimum Gasteiger partial charge on any atom is -0.434 e. The Hall–Kier alpha value is -4.24. The summed E-state index contributed by atoms with van der Waals surface area (Å²) in [5.41, 5.74) is 4.55. The summed E-state index contributed by atoms with van der Waals surface area (Å²) < 4.78 is 5.66. The topological polar surface area (TPSA) is 119 Å². The van der Waals surface area contributed by atoms with Crippen molar-refractivity contribution >= 4 is 39.8 Å². The van der Waals surface area contributed by atoms with Gasteiger partial charge in [-0.05, 0) is 41.1 Å². The minimum atomic E-state index is -0.690. The lowest BCUT2D eigenvalue weighted by molar-refractivity contribution is -0.385. The van der Waals surface area contributed by atoms with Crippen molar-refractivity contribution in [3.8, 4) is 11.6 Å². The summed E-state index contributed by atoms with van der Waals surface area (Å²) in [5.74, 6) is -0.678. The lowest BCUT2D eigenvalue weighted by Gasteiger charge is -2.11. The highest BCUT2D eigenvalue weighted by atomic mass is 35.5. The molecule has 1 heterocycles. The van der Waals surface area contributed by atoms with E-state index in [1.165, 1.54) is 6.07 Å². The molecule has 0 unspecified atom stereocenters. The van der Waals surface area contributed by atoms with E-state index in [0.717, 1.165) is 17.1 Å². The predicted molar refractivity (Wildman–Crippen MR) is 115 cm³/mol. The normalized spacial score (nSPS) is 10.5. The fourth-order valence-electron chi connectivity index (χ4n) is 2.85. The van der Waals surface area contributed by atoms with Crippen molar-refractivity contribution in [2.75, 3.05) is 5.43 Å². The maximum absolute atomic E-state index is 12.3. The van der Waals surface area contributed by atoms with Crippen LogP contribution >= 0.6 is 11.6 Å². The first-order valence-electron chi connectivity index (χ1n) is 8.99. The number of nitrogens with one attached hydrogen (secondary N) is 2. The van der Waals surface area contributed by atoms with Crippen LogP contribution in [0.2, 0.25) is 5.02 Å². The number of hydrazine groups is 1. The maximum Gasteiger partial charge on any atom is 0.374 e. The van der Waals surface area contributed by atoms with Crippen LogP contribution in [-0.2, 0) is 0 Å². The molecule has 0 radical (unpaired) electrons. The molecule has 0 fully saturated rings. The van der Waals surface area contributed by atoms with Crippen molar-refractivity contribution in [1.29, 1.82) is 0 Å². The van der Waals surface area contributed by atoms with Crippen LogP contribution in [0.3, 0.4) is 0 Å². The van der Waals surface area contributed by atoms with E-state index in [1.807, 2.05) is 30.3 Å². The molecule has 0 aliphatic heterocycles. The quantitative estimate of drug-likeness (QED) is 0.331. The molecule has 154 valence electrons. The highest BCUT2D eigenvalue weighted by Crippen LogP contribution is 2.34. The summed E-state index contributed by atoms with van der Waals surface area (Å²) in [6, 6.07) is 19.1. The number of ether oxygens (including phenoxy) is 1. The van der Waals surface area contributed by atoms with Crippen LogP contribution < -0.4 is 15.6 Å². The number of amides is 1. The first kappa shape index (κ1) is 20.0. The number of hydrogen-bond acceptors (Lipinski definition) is 7. The van der Waals surface area contributed by atoms with Crippen LogP contribution in [0.4, 0.5) is 11.5 Å². The van der Waals surface area contributed by atoms with Gasteiger partial charge in [0.25, 0.3) is 5.91 Å². The Balaban J connectivity index is 1.58. The number of halogens is 1. The summed E-state index contributed by atoms with van der Waals surface area (Å²) in [7, 11) is 0. The molecule has 4 aromatic rings. The van der Waals surface area contributed by atoms with Gasteiger partial charge in [-0.1, -0.05) is 48.0 Å². The Morgan fingerprint density at radius 3 is 2.58 bits per heavy atom. The lowest BCUT2D eigenvalue weighted by Crippen LogP contribution is -2.30. The van der Waals surface area contributed by atoms with Crippen LogP contribution in [0, 0.1) is 10.1 Å².